The minimum absolute atomic E-state index is 0.0294. The van der Waals surface area contributed by atoms with Crippen molar-refractivity contribution < 1.29 is 19.1 Å². The molecule has 3 amide bonds. The molecule has 3 aromatic rings. The van der Waals surface area contributed by atoms with E-state index >= 15 is 0 Å². The van der Waals surface area contributed by atoms with E-state index < -0.39 is 0 Å². The lowest BCUT2D eigenvalue weighted by molar-refractivity contribution is -0.121. The van der Waals surface area contributed by atoms with Crippen LogP contribution in [0.25, 0.3) is 0 Å². The second-order valence-electron chi connectivity index (χ2n) is 6.90. The largest absolute Gasteiger partial charge is 0.497 e. The SMILES string of the molecule is COc1ccc(CCNC(=O)CCc2csc(NC(=O)Nc3ccc(OC)cc3)n2)cc1. The van der Waals surface area contributed by atoms with Gasteiger partial charge in [-0.2, -0.15) is 0 Å². The summed E-state index contributed by atoms with van der Waals surface area (Å²) >= 11 is 1.32. The summed E-state index contributed by atoms with van der Waals surface area (Å²) in [5.41, 5.74) is 2.54. The second kappa shape index (κ2) is 11.7. The Morgan fingerprint density at radius 3 is 2.22 bits per heavy atom. The van der Waals surface area contributed by atoms with E-state index in [1.807, 2.05) is 29.6 Å². The molecule has 0 saturated heterocycles. The highest BCUT2D eigenvalue weighted by molar-refractivity contribution is 7.13. The monoisotopic (exact) mass is 454 g/mol. The van der Waals surface area contributed by atoms with Gasteiger partial charge >= 0.3 is 6.03 Å². The zero-order valence-corrected chi connectivity index (χ0v) is 18.8. The van der Waals surface area contributed by atoms with E-state index in [0.29, 0.717) is 36.0 Å². The van der Waals surface area contributed by atoms with Crippen molar-refractivity contribution in [2.75, 3.05) is 31.4 Å². The zero-order chi connectivity index (χ0) is 22.8. The fraction of sp³-hybridized carbons (Fsp3) is 0.261. The van der Waals surface area contributed by atoms with Crippen LogP contribution in [0.5, 0.6) is 11.5 Å². The third-order valence-corrected chi connectivity index (χ3v) is 5.43. The van der Waals surface area contributed by atoms with Gasteiger partial charge in [-0.1, -0.05) is 12.1 Å². The lowest BCUT2D eigenvalue weighted by atomic mass is 10.1. The number of hydrogen-bond donors (Lipinski definition) is 3. The Hall–Kier alpha value is -3.59. The molecular weight excluding hydrogens is 428 g/mol. The van der Waals surface area contributed by atoms with E-state index in [1.54, 1.807) is 38.5 Å². The van der Waals surface area contributed by atoms with Gasteiger partial charge in [-0.25, -0.2) is 9.78 Å². The summed E-state index contributed by atoms with van der Waals surface area (Å²) in [4.78, 5) is 28.6. The quantitative estimate of drug-likeness (QED) is 0.428. The number of nitrogens with one attached hydrogen (secondary N) is 3. The molecule has 0 aliphatic rings. The summed E-state index contributed by atoms with van der Waals surface area (Å²) in [5, 5.41) is 10.7. The van der Waals surface area contributed by atoms with Crippen LogP contribution in [0.2, 0.25) is 0 Å². The normalized spacial score (nSPS) is 10.3. The number of amides is 3. The number of aryl methyl sites for hydroxylation is 1. The zero-order valence-electron chi connectivity index (χ0n) is 18.0. The molecule has 0 aliphatic heterocycles. The molecule has 0 fully saturated rings. The van der Waals surface area contributed by atoms with E-state index in [4.69, 9.17) is 9.47 Å². The van der Waals surface area contributed by atoms with E-state index in [1.165, 1.54) is 11.3 Å². The van der Waals surface area contributed by atoms with E-state index in [2.05, 4.69) is 20.9 Å². The summed E-state index contributed by atoms with van der Waals surface area (Å²) in [6, 6.07) is 14.4. The Morgan fingerprint density at radius 1 is 0.906 bits per heavy atom. The van der Waals surface area contributed by atoms with Gasteiger partial charge in [-0.05, 0) is 54.8 Å². The first-order chi connectivity index (χ1) is 15.6. The van der Waals surface area contributed by atoms with Crippen LogP contribution in [0.3, 0.4) is 0 Å². The van der Waals surface area contributed by atoms with Crippen molar-refractivity contribution >= 4 is 34.1 Å². The third-order valence-electron chi connectivity index (χ3n) is 4.62. The van der Waals surface area contributed by atoms with Gasteiger partial charge in [-0.15, -0.1) is 11.3 Å². The molecule has 1 aromatic heterocycles. The van der Waals surface area contributed by atoms with Gasteiger partial charge in [0.2, 0.25) is 5.91 Å². The summed E-state index contributed by atoms with van der Waals surface area (Å²) in [6.45, 7) is 0.570. The number of thiazole rings is 1. The average molecular weight is 455 g/mol. The maximum Gasteiger partial charge on any atom is 0.325 e. The van der Waals surface area contributed by atoms with Crippen LogP contribution >= 0.6 is 11.3 Å². The van der Waals surface area contributed by atoms with E-state index in [-0.39, 0.29) is 11.9 Å². The molecule has 3 N–H and O–H groups in total. The maximum atomic E-state index is 12.1. The molecule has 0 saturated carbocycles. The van der Waals surface area contributed by atoms with Crippen LogP contribution in [0.15, 0.2) is 53.9 Å². The fourth-order valence-corrected chi connectivity index (χ4v) is 3.62. The van der Waals surface area contributed by atoms with Crippen molar-refractivity contribution in [3.05, 3.63) is 65.2 Å². The number of hydrogen-bond acceptors (Lipinski definition) is 6. The number of carbonyl (C=O) groups excluding carboxylic acids is 2. The number of methoxy groups -OCH3 is 2. The summed E-state index contributed by atoms with van der Waals surface area (Å²) in [7, 11) is 3.22. The molecule has 3 rings (SSSR count). The highest BCUT2D eigenvalue weighted by Gasteiger charge is 2.09. The molecule has 2 aromatic carbocycles. The molecule has 0 radical (unpaired) electrons. The molecule has 0 spiro atoms. The van der Waals surface area contributed by atoms with Gasteiger partial charge in [-0.3, -0.25) is 10.1 Å². The molecule has 0 atom stereocenters. The van der Waals surface area contributed by atoms with E-state index in [0.717, 1.165) is 23.4 Å². The standard InChI is InChI=1S/C23H26N4O4S/c1-30-19-8-3-16(4-9-19)13-14-24-21(28)12-7-18-15-32-23(26-18)27-22(29)25-17-5-10-20(31-2)11-6-17/h3-6,8-11,15H,7,12-14H2,1-2H3,(H,24,28)(H2,25,26,27,29). The Bertz CT molecular complexity index is 1020. The van der Waals surface area contributed by atoms with Crippen LogP contribution < -0.4 is 25.4 Å². The van der Waals surface area contributed by atoms with E-state index in [9.17, 15) is 9.59 Å². The molecular formula is C23H26N4O4S. The van der Waals surface area contributed by atoms with Gasteiger partial charge < -0.3 is 20.1 Å². The Labute approximate surface area is 191 Å². The average Bonchev–Trinajstić information content (AvgIpc) is 3.25. The molecule has 168 valence electrons. The Morgan fingerprint density at radius 2 is 1.56 bits per heavy atom. The first-order valence-corrected chi connectivity index (χ1v) is 11.0. The minimum Gasteiger partial charge on any atom is -0.497 e. The van der Waals surface area contributed by atoms with Crippen molar-refractivity contribution in [2.24, 2.45) is 0 Å². The number of ether oxygens (including phenoxy) is 2. The van der Waals surface area contributed by atoms with Crippen LogP contribution in [0, 0.1) is 0 Å². The Balaban J connectivity index is 1.36. The second-order valence-corrected chi connectivity index (χ2v) is 7.76. The van der Waals surface area contributed by atoms with Crippen LogP contribution in [0.4, 0.5) is 15.6 Å². The first kappa shape index (κ1) is 23.1. The topological polar surface area (TPSA) is 102 Å². The molecule has 9 heteroatoms. The number of aromatic nitrogens is 1. The number of anilines is 2. The highest BCUT2D eigenvalue weighted by Crippen LogP contribution is 2.18. The summed E-state index contributed by atoms with van der Waals surface area (Å²) < 4.78 is 10.2. The van der Waals surface area contributed by atoms with Crippen molar-refractivity contribution in [3.63, 3.8) is 0 Å². The molecule has 32 heavy (non-hydrogen) atoms. The summed E-state index contributed by atoms with van der Waals surface area (Å²) in [5.74, 6) is 1.50. The number of urea groups is 1. The first-order valence-electron chi connectivity index (χ1n) is 10.1. The van der Waals surface area contributed by atoms with Gasteiger partial charge in [0.15, 0.2) is 5.13 Å². The highest BCUT2D eigenvalue weighted by atomic mass is 32.1. The van der Waals surface area contributed by atoms with Crippen LogP contribution in [-0.4, -0.2) is 37.7 Å². The Kier molecular flexibility index (Phi) is 8.44. The molecule has 1 heterocycles. The molecule has 0 aliphatic carbocycles. The van der Waals surface area contributed by atoms with Crippen LogP contribution in [-0.2, 0) is 17.6 Å². The fourth-order valence-electron chi connectivity index (χ4n) is 2.88. The minimum atomic E-state index is -0.382. The molecule has 8 nitrogen and oxygen atoms in total. The smallest absolute Gasteiger partial charge is 0.325 e. The maximum absolute atomic E-state index is 12.1. The number of nitrogens with zero attached hydrogens (tertiary/aromatic N) is 1. The number of benzene rings is 2. The van der Waals surface area contributed by atoms with Gasteiger partial charge in [0.1, 0.15) is 11.5 Å². The lowest BCUT2D eigenvalue weighted by Crippen LogP contribution is -2.25. The number of carbonyl (C=O) groups is 2. The van der Waals surface area contributed by atoms with Gasteiger partial charge in [0.05, 0.1) is 19.9 Å². The number of rotatable bonds is 10. The predicted molar refractivity (Wildman–Crippen MR) is 126 cm³/mol. The van der Waals surface area contributed by atoms with Crippen molar-refractivity contribution in [2.45, 2.75) is 19.3 Å². The van der Waals surface area contributed by atoms with Gasteiger partial charge in [0, 0.05) is 24.0 Å². The lowest BCUT2D eigenvalue weighted by Gasteiger charge is -2.06. The third kappa shape index (κ3) is 7.28. The molecule has 0 unspecified atom stereocenters. The molecule has 0 bridgehead atoms. The summed E-state index contributed by atoms with van der Waals surface area (Å²) in [6.07, 6.45) is 1.60. The van der Waals surface area contributed by atoms with Crippen LogP contribution in [0.1, 0.15) is 17.7 Å². The predicted octanol–water partition coefficient (Wildman–Crippen LogP) is 4.10. The van der Waals surface area contributed by atoms with Gasteiger partial charge in [0.25, 0.3) is 0 Å². The van der Waals surface area contributed by atoms with Crippen molar-refractivity contribution in [3.8, 4) is 11.5 Å². The van der Waals surface area contributed by atoms with Crippen molar-refractivity contribution in [1.82, 2.24) is 10.3 Å². The van der Waals surface area contributed by atoms with Crippen molar-refractivity contribution in [1.29, 1.82) is 0 Å².